The van der Waals surface area contributed by atoms with Crippen molar-refractivity contribution in [3.05, 3.63) is 12.2 Å². The molecule has 4 nitrogen and oxygen atoms in total. The second-order valence-corrected chi connectivity index (χ2v) is 4.97. The van der Waals surface area contributed by atoms with E-state index in [4.69, 9.17) is 10.5 Å². The fraction of sp³-hybridized carbons (Fsp3) is 0.800. The summed E-state index contributed by atoms with van der Waals surface area (Å²) in [6, 6.07) is 0. The van der Waals surface area contributed by atoms with Gasteiger partial charge in [-0.25, -0.2) is 0 Å². The van der Waals surface area contributed by atoms with Crippen molar-refractivity contribution in [2.45, 2.75) is 52.4 Å². The average Bonchev–Trinajstić information content (AvgIpc) is 2.37. The van der Waals surface area contributed by atoms with Gasteiger partial charge in [0.1, 0.15) is 0 Å². The molecular formula is C15H32IN3O. The van der Waals surface area contributed by atoms with Crippen LogP contribution in [0.4, 0.5) is 0 Å². The summed E-state index contributed by atoms with van der Waals surface area (Å²) in [7, 11) is 0. The molecule has 0 aromatic carbocycles. The van der Waals surface area contributed by atoms with Crippen LogP contribution in [0.15, 0.2) is 17.1 Å². The highest BCUT2D eigenvalue weighted by Gasteiger charge is 1.93. The summed E-state index contributed by atoms with van der Waals surface area (Å²) >= 11 is 0. The van der Waals surface area contributed by atoms with E-state index >= 15 is 0 Å². The normalized spacial score (nSPS) is 11.0. The predicted molar refractivity (Wildman–Crippen MR) is 98.9 cm³/mol. The zero-order valence-electron chi connectivity index (χ0n) is 13.1. The molecule has 0 aromatic rings. The van der Waals surface area contributed by atoms with E-state index in [9.17, 15) is 0 Å². The monoisotopic (exact) mass is 397 g/mol. The van der Waals surface area contributed by atoms with Gasteiger partial charge in [0.15, 0.2) is 5.96 Å². The molecule has 0 radical (unpaired) electrons. The molecule has 0 spiro atoms. The van der Waals surface area contributed by atoms with Crippen LogP contribution < -0.4 is 11.1 Å². The number of nitrogens with two attached hydrogens (primary N) is 1. The Morgan fingerprint density at radius 2 is 1.85 bits per heavy atom. The lowest BCUT2D eigenvalue weighted by Gasteiger charge is -2.06. The number of rotatable bonds is 12. The first-order valence-corrected chi connectivity index (χ1v) is 7.42. The minimum atomic E-state index is 0. The Labute approximate surface area is 141 Å². The van der Waals surface area contributed by atoms with Gasteiger partial charge >= 0.3 is 0 Å². The molecule has 0 aliphatic heterocycles. The first kappa shape index (κ1) is 22.0. The molecule has 0 amide bonds. The van der Waals surface area contributed by atoms with Gasteiger partial charge in [0.05, 0.1) is 13.2 Å². The van der Waals surface area contributed by atoms with Crippen LogP contribution in [0.25, 0.3) is 0 Å². The van der Waals surface area contributed by atoms with Gasteiger partial charge in [-0.15, -0.1) is 24.0 Å². The number of nitrogens with one attached hydrogen (secondary N) is 1. The van der Waals surface area contributed by atoms with E-state index in [1.807, 2.05) is 6.92 Å². The fourth-order valence-corrected chi connectivity index (χ4v) is 1.65. The third-order valence-electron chi connectivity index (χ3n) is 2.69. The number of unbranched alkanes of at least 4 members (excludes halogenated alkanes) is 5. The zero-order chi connectivity index (χ0) is 14.3. The van der Waals surface area contributed by atoms with Gasteiger partial charge in [0.2, 0.25) is 0 Å². The van der Waals surface area contributed by atoms with Crippen molar-refractivity contribution in [2.75, 3.05) is 26.3 Å². The highest BCUT2D eigenvalue weighted by molar-refractivity contribution is 14.0. The van der Waals surface area contributed by atoms with Crippen molar-refractivity contribution in [2.24, 2.45) is 10.7 Å². The smallest absolute Gasteiger partial charge is 0.188 e. The maximum absolute atomic E-state index is 5.74. The Bertz CT molecular complexity index is 258. The summed E-state index contributed by atoms with van der Waals surface area (Å²) in [4.78, 5) is 4.28. The lowest BCUT2D eigenvalue weighted by atomic mass is 10.1. The summed E-state index contributed by atoms with van der Waals surface area (Å²) in [6.07, 6.45) is 7.66. The topological polar surface area (TPSA) is 59.6 Å². The molecule has 20 heavy (non-hydrogen) atoms. The van der Waals surface area contributed by atoms with Crippen LogP contribution in [0, 0.1) is 0 Å². The molecule has 0 atom stereocenters. The van der Waals surface area contributed by atoms with Crippen molar-refractivity contribution in [3.8, 4) is 0 Å². The van der Waals surface area contributed by atoms with E-state index in [-0.39, 0.29) is 24.0 Å². The molecule has 0 heterocycles. The van der Waals surface area contributed by atoms with Crippen LogP contribution in [0.2, 0.25) is 0 Å². The van der Waals surface area contributed by atoms with E-state index in [1.54, 1.807) is 0 Å². The molecule has 0 unspecified atom stereocenters. The molecule has 0 rings (SSSR count). The van der Waals surface area contributed by atoms with Gasteiger partial charge in [0.25, 0.3) is 0 Å². The van der Waals surface area contributed by atoms with E-state index in [0.717, 1.165) is 18.5 Å². The van der Waals surface area contributed by atoms with E-state index < -0.39 is 0 Å². The lowest BCUT2D eigenvalue weighted by molar-refractivity contribution is 0.161. The minimum absolute atomic E-state index is 0. The first-order valence-electron chi connectivity index (χ1n) is 7.42. The molecule has 0 aromatic heterocycles. The molecule has 0 saturated carbocycles. The molecule has 0 aliphatic carbocycles. The lowest BCUT2D eigenvalue weighted by Crippen LogP contribution is -2.34. The van der Waals surface area contributed by atoms with Crippen molar-refractivity contribution in [1.82, 2.24) is 5.32 Å². The number of guanidine groups is 1. The minimum Gasteiger partial charge on any atom is -0.375 e. The number of hydrogen-bond donors (Lipinski definition) is 2. The highest BCUT2D eigenvalue weighted by Crippen LogP contribution is 2.04. The fourth-order valence-electron chi connectivity index (χ4n) is 1.65. The van der Waals surface area contributed by atoms with Crippen molar-refractivity contribution < 1.29 is 4.74 Å². The van der Waals surface area contributed by atoms with Gasteiger partial charge in [-0.2, -0.15) is 0 Å². The number of aliphatic imine (C=N–C) groups is 1. The summed E-state index contributed by atoms with van der Waals surface area (Å²) in [5, 5.41) is 3.04. The molecule has 0 aliphatic rings. The highest BCUT2D eigenvalue weighted by atomic mass is 127. The van der Waals surface area contributed by atoms with Crippen LogP contribution in [-0.4, -0.2) is 32.3 Å². The van der Waals surface area contributed by atoms with Crippen LogP contribution in [-0.2, 0) is 4.74 Å². The largest absolute Gasteiger partial charge is 0.375 e. The third-order valence-corrected chi connectivity index (χ3v) is 2.69. The molecule has 120 valence electrons. The van der Waals surface area contributed by atoms with E-state index in [0.29, 0.717) is 25.7 Å². The summed E-state index contributed by atoms with van der Waals surface area (Å²) < 4.78 is 5.35. The standard InChI is InChI=1S/C15H31N3O.HI/c1-4-5-6-7-8-9-10-17-15(16)18-11-12-19-13-14(2)3;/h2,4-13H2,1,3H3,(H3,16,17,18);1H. The van der Waals surface area contributed by atoms with Crippen molar-refractivity contribution in [1.29, 1.82) is 0 Å². The number of halogens is 1. The van der Waals surface area contributed by atoms with Crippen LogP contribution >= 0.6 is 24.0 Å². The first-order chi connectivity index (χ1) is 9.16. The number of hydrogen-bond acceptors (Lipinski definition) is 2. The van der Waals surface area contributed by atoms with E-state index in [2.05, 4.69) is 23.8 Å². The number of ether oxygens (including phenoxy) is 1. The third kappa shape index (κ3) is 17.7. The van der Waals surface area contributed by atoms with Gasteiger partial charge in [-0.3, -0.25) is 4.99 Å². The Morgan fingerprint density at radius 3 is 2.50 bits per heavy atom. The van der Waals surface area contributed by atoms with Gasteiger partial charge in [0, 0.05) is 13.1 Å². The molecule has 0 bridgehead atoms. The van der Waals surface area contributed by atoms with Crippen molar-refractivity contribution in [3.63, 3.8) is 0 Å². The van der Waals surface area contributed by atoms with Gasteiger partial charge in [-0.1, -0.05) is 51.2 Å². The maximum atomic E-state index is 5.74. The maximum Gasteiger partial charge on any atom is 0.188 e. The number of nitrogens with zero attached hydrogens (tertiary/aromatic N) is 1. The molecule has 0 fully saturated rings. The van der Waals surface area contributed by atoms with E-state index in [1.165, 1.54) is 32.1 Å². The summed E-state index contributed by atoms with van der Waals surface area (Å²) in [5.41, 5.74) is 6.78. The Morgan fingerprint density at radius 1 is 1.20 bits per heavy atom. The van der Waals surface area contributed by atoms with Crippen LogP contribution in [0.1, 0.15) is 52.4 Å². The summed E-state index contributed by atoms with van der Waals surface area (Å²) in [5.74, 6) is 0.521. The Balaban J connectivity index is 0. The molecular weight excluding hydrogens is 365 g/mol. The zero-order valence-corrected chi connectivity index (χ0v) is 15.4. The SMILES string of the molecule is C=C(C)COCCNC(N)=NCCCCCCCC.I. The summed E-state index contributed by atoms with van der Waals surface area (Å²) in [6.45, 7) is 10.7. The second-order valence-electron chi connectivity index (χ2n) is 4.97. The van der Waals surface area contributed by atoms with Crippen molar-refractivity contribution >= 4 is 29.9 Å². The van der Waals surface area contributed by atoms with Crippen LogP contribution in [0.5, 0.6) is 0 Å². The van der Waals surface area contributed by atoms with Gasteiger partial charge < -0.3 is 15.8 Å². The molecule has 0 saturated heterocycles. The average molecular weight is 397 g/mol. The van der Waals surface area contributed by atoms with Crippen LogP contribution in [0.3, 0.4) is 0 Å². The predicted octanol–water partition coefficient (Wildman–Crippen LogP) is 3.46. The Hall–Kier alpha value is -0.300. The molecule has 3 N–H and O–H groups in total. The molecule has 5 heteroatoms. The second kappa shape index (κ2) is 16.8. The Kier molecular flexibility index (Phi) is 18.4. The van der Waals surface area contributed by atoms with Gasteiger partial charge in [-0.05, 0) is 13.3 Å². The quantitative estimate of drug-likeness (QED) is 0.174.